The van der Waals surface area contributed by atoms with Crippen LogP contribution in [0.25, 0.3) is 0 Å². The predicted molar refractivity (Wildman–Crippen MR) is 69.3 cm³/mol. The zero-order valence-electron chi connectivity index (χ0n) is 9.14. The average Bonchev–Trinajstić information content (AvgIpc) is 2.69. The number of thiophene rings is 1. The molecule has 0 aromatic carbocycles. The summed E-state index contributed by atoms with van der Waals surface area (Å²) in [6, 6.07) is 2.80. The number of hydrogen-bond acceptors (Lipinski definition) is 3. The Kier molecular flexibility index (Phi) is 3.50. The van der Waals surface area contributed by atoms with Crippen LogP contribution in [0.15, 0.2) is 15.9 Å². The Morgan fingerprint density at radius 3 is 3.00 bits per heavy atom. The van der Waals surface area contributed by atoms with Gasteiger partial charge in [-0.05, 0) is 42.3 Å². The third kappa shape index (κ3) is 3.28. The van der Waals surface area contributed by atoms with Crippen molar-refractivity contribution in [2.45, 2.75) is 38.4 Å². The minimum Gasteiger partial charge on any atom is -0.310 e. The standard InChI is InChI=1S/C11H17BrN2S/c1-11(2)4-9(5-14-11)13-6-10-3-8(12)7-15-10/h3,7,9,13-14H,4-6H2,1-2H3. The monoisotopic (exact) mass is 288 g/mol. The lowest BCUT2D eigenvalue weighted by Crippen LogP contribution is -2.31. The summed E-state index contributed by atoms with van der Waals surface area (Å²) in [5, 5.41) is 9.25. The molecule has 0 aliphatic carbocycles. The van der Waals surface area contributed by atoms with Gasteiger partial charge in [0.25, 0.3) is 0 Å². The van der Waals surface area contributed by atoms with Crippen molar-refractivity contribution in [3.63, 3.8) is 0 Å². The van der Waals surface area contributed by atoms with E-state index in [2.05, 4.69) is 51.9 Å². The first kappa shape index (κ1) is 11.6. The van der Waals surface area contributed by atoms with E-state index in [1.54, 1.807) is 11.3 Å². The van der Waals surface area contributed by atoms with E-state index >= 15 is 0 Å². The lowest BCUT2D eigenvalue weighted by atomic mass is 10.0. The highest BCUT2D eigenvalue weighted by atomic mass is 79.9. The number of halogens is 1. The molecule has 4 heteroatoms. The molecule has 1 atom stereocenters. The normalized spacial score (nSPS) is 24.6. The van der Waals surface area contributed by atoms with Gasteiger partial charge < -0.3 is 10.6 Å². The van der Waals surface area contributed by atoms with Crippen molar-refractivity contribution in [3.8, 4) is 0 Å². The van der Waals surface area contributed by atoms with Gasteiger partial charge >= 0.3 is 0 Å². The van der Waals surface area contributed by atoms with Gasteiger partial charge in [0.2, 0.25) is 0 Å². The molecule has 0 bridgehead atoms. The summed E-state index contributed by atoms with van der Waals surface area (Å²) in [6.07, 6.45) is 1.21. The molecule has 15 heavy (non-hydrogen) atoms. The molecule has 1 saturated heterocycles. The molecule has 2 N–H and O–H groups in total. The zero-order chi connectivity index (χ0) is 10.9. The SMILES string of the molecule is CC1(C)CC(NCc2cc(Br)cs2)CN1. The maximum atomic E-state index is 3.59. The zero-order valence-corrected chi connectivity index (χ0v) is 11.5. The van der Waals surface area contributed by atoms with E-state index in [0.717, 1.165) is 13.1 Å². The quantitative estimate of drug-likeness (QED) is 0.894. The van der Waals surface area contributed by atoms with E-state index in [0.29, 0.717) is 11.6 Å². The first-order valence-corrected chi connectivity index (χ1v) is 6.94. The summed E-state index contributed by atoms with van der Waals surface area (Å²) < 4.78 is 1.19. The highest BCUT2D eigenvalue weighted by Gasteiger charge is 2.29. The molecule has 1 aliphatic heterocycles. The van der Waals surface area contributed by atoms with Crippen molar-refractivity contribution in [3.05, 3.63) is 20.8 Å². The molecule has 2 heterocycles. The van der Waals surface area contributed by atoms with Gasteiger partial charge in [-0.25, -0.2) is 0 Å². The predicted octanol–water partition coefficient (Wildman–Crippen LogP) is 2.74. The van der Waals surface area contributed by atoms with Crippen molar-refractivity contribution in [2.24, 2.45) is 0 Å². The Morgan fingerprint density at radius 1 is 1.67 bits per heavy atom. The van der Waals surface area contributed by atoms with Crippen LogP contribution in [-0.4, -0.2) is 18.1 Å². The number of nitrogens with one attached hydrogen (secondary N) is 2. The van der Waals surface area contributed by atoms with Crippen LogP contribution in [0.4, 0.5) is 0 Å². The summed E-state index contributed by atoms with van der Waals surface area (Å²) in [4.78, 5) is 1.39. The molecule has 0 saturated carbocycles. The third-order valence-electron chi connectivity index (χ3n) is 2.77. The second-order valence-electron chi connectivity index (χ2n) is 4.78. The second-order valence-corrected chi connectivity index (χ2v) is 6.69. The van der Waals surface area contributed by atoms with Gasteiger partial charge in [-0.3, -0.25) is 0 Å². The molecule has 1 fully saturated rings. The van der Waals surface area contributed by atoms with Gasteiger partial charge in [-0.15, -0.1) is 11.3 Å². The van der Waals surface area contributed by atoms with Gasteiger partial charge in [-0.1, -0.05) is 0 Å². The lowest BCUT2D eigenvalue weighted by Gasteiger charge is -2.17. The molecular weight excluding hydrogens is 272 g/mol. The highest BCUT2D eigenvalue weighted by Crippen LogP contribution is 2.21. The molecule has 1 unspecified atom stereocenters. The van der Waals surface area contributed by atoms with E-state index in [1.165, 1.54) is 15.8 Å². The molecule has 0 amide bonds. The van der Waals surface area contributed by atoms with E-state index in [1.807, 2.05) is 0 Å². The van der Waals surface area contributed by atoms with Gasteiger partial charge in [0.1, 0.15) is 0 Å². The summed E-state index contributed by atoms with van der Waals surface area (Å²) in [6.45, 7) is 6.59. The van der Waals surface area contributed by atoms with Crippen LogP contribution >= 0.6 is 27.3 Å². The van der Waals surface area contributed by atoms with Crippen molar-refractivity contribution in [1.29, 1.82) is 0 Å². The smallest absolute Gasteiger partial charge is 0.0303 e. The van der Waals surface area contributed by atoms with Crippen molar-refractivity contribution in [1.82, 2.24) is 10.6 Å². The van der Waals surface area contributed by atoms with Crippen LogP contribution in [-0.2, 0) is 6.54 Å². The number of hydrogen-bond donors (Lipinski definition) is 2. The highest BCUT2D eigenvalue weighted by molar-refractivity contribution is 9.10. The summed E-state index contributed by atoms with van der Waals surface area (Å²) in [5.41, 5.74) is 0.299. The van der Waals surface area contributed by atoms with Crippen LogP contribution < -0.4 is 10.6 Å². The summed E-state index contributed by atoms with van der Waals surface area (Å²) >= 11 is 5.28. The minimum atomic E-state index is 0.299. The number of rotatable bonds is 3. The molecule has 2 rings (SSSR count). The second kappa shape index (κ2) is 4.53. The van der Waals surface area contributed by atoms with Crippen LogP contribution in [0.2, 0.25) is 0 Å². The summed E-state index contributed by atoms with van der Waals surface area (Å²) in [7, 11) is 0. The summed E-state index contributed by atoms with van der Waals surface area (Å²) in [5.74, 6) is 0. The Morgan fingerprint density at radius 2 is 2.47 bits per heavy atom. The fourth-order valence-electron chi connectivity index (χ4n) is 2.00. The molecule has 0 radical (unpaired) electrons. The molecule has 1 aliphatic rings. The minimum absolute atomic E-state index is 0.299. The van der Waals surface area contributed by atoms with Crippen molar-refractivity contribution in [2.75, 3.05) is 6.54 Å². The molecular formula is C11H17BrN2S. The maximum Gasteiger partial charge on any atom is 0.0303 e. The average molecular weight is 289 g/mol. The van der Waals surface area contributed by atoms with E-state index in [9.17, 15) is 0 Å². The Bertz CT molecular complexity index is 335. The molecule has 0 spiro atoms. The van der Waals surface area contributed by atoms with E-state index < -0.39 is 0 Å². The van der Waals surface area contributed by atoms with Crippen LogP contribution in [0.1, 0.15) is 25.1 Å². The molecule has 1 aromatic heterocycles. The largest absolute Gasteiger partial charge is 0.310 e. The van der Waals surface area contributed by atoms with Gasteiger partial charge in [0.05, 0.1) is 0 Å². The third-order valence-corrected chi connectivity index (χ3v) is 4.47. The Labute approximate surface area is 104 Å². The van der Waals surface area contributed by atoms with E-state index in [4.69, 9.17) is 0 Å². The first-order chi connectivity index (χ1) is 7.05. The molecule has 2 nitrogen and oxygen atoms in total. The molecule has 84 valence electrons. The van der Waals surface area contributed by atoms with Crippen LogP contribution in [0.5, 0.6) is 0 Å². The Hall–Kier alpha value is 0.1000. The van der Waals surface area contributed by atoms with Crippen LogP contribution in [0.3, 0.4) is 0 Å². The van der Waals surface area contributed by atoms with Gasteiger partial charge in [0, 0.05) is 39.4 Å². The Balaban J connectivity index is 1.80. The fourth-order valence-corrected chi connectivity index (χ4v) is 3.40. The van der Waals surface area contributed by atoms with Crippen molar-refractivity contribution >= 4 is 27.3 Å². The van der Waals surface area contributed by atoms with Gasteiger partial charge in [0.15, 0.2) is 0 Å². The van der Waals surface area contributed by atoms with Gasteiger partial charge in [-0.2, -0.15) is 0 Å². The fraction of sp³-hybridized carbons (Fsp3) is 0.636. The maximum absolute atomic E-state index is 3.59. The first-order valence-electron chi connectivity index (χ1n) is 5.26. The molecule has 1 aromatic rings. The van der Waals surface area contributed by atoms with E-state index in [-0.39, 0.29) is 0 Å². The topological polar surface area (TPSA) is 24.1 Å². The van der Waals surface area contributed by atoms with Crippen molar-refractivity contribution < 1.29 is 0 Å². The lowest BCUT2D eigenvalue weighted by molar-refractivity contribution is 0.442. The van der Waals surface area contributed by atoms with Crippen LogP contribution in [0, 0.1) is 0 Å².